The molecule has 0 aliphatic rings. The molecule has 0 unspecified atom stereocenters. The van der Waals surface area contributed by atoms with Gasteiger partial charge in [-0.3, -0.25) is 4.79 Å². The monoisotopic (exact) mass is 482 g/mol. The summed E-state index contributed by atoms with van der Waals surface area (Å²) < 4.78 is 2.22. The topological polar surface area (TPSA) is 34.0 Å². The zero-order valence-electron chi connectivity index (χ0n) is 22.9. The highest BCUT2D eigenvalue weighted by molar-refractivity contribution is 5.80. The van der Waals surface area contributed by atoms with Crippen molar-refractivity contribution in [1.82, 2.24) is 9.88 Å². The molecule has 0 aliphatic heterocycles. The van der Waals surface area contributed by atoms with Gasteiger partial charge in [-0.2, -0.15) is 0 Å². The molecule has 0 spiro atoms. The summed E-state index contributed by atoms with van der Waals surface area (Å²) in [7, 11) is 0. The van der Waals surface area contributed by atoms with Crippen molar-refractivity contribution in [3.8, 4) is 0 Å². The molecule has 0 fully saturated rings. The van der Waals surface area contributed by atoms with Gasteiger partial charge in [-0.15, -0.1) is 0 Å². The van der Waals surface area contributed by atoms with Gasteiger partial charge in [0.15, 0.2) is 0 Å². The van der Waals surface area contributed by atoms with Crippen LogP contribution in [0.1, 0.15) is 135 Å². The van der Waals surface area contributed by atoms with E-state index in [4.69, 9.17) is 0 Å². The fraction of sp³-hybridized carbons (Fsp3) is 0.719. The average Bonchev–Trinajstić information content (AvgIpc) is 3.28. The highest BCUT2D eigenvalue weighted by Gasteiger charge is 2.03. The molecule has 1 aromatic heterocycles. The lowest BCUT2D eigenvalue weighted by Crippen LogP contribution is -2.26. The van der Waals surface area contributed by atoms with Crippen LogP contribution in [0.2, 0.25) is 0 Å². The van der Waals surface area contributed by atoms with E-state index in [1.165, 1.54) is 126 Å². The van der Waals surface area contributed by atoms with Crippen LogP contribution in [-0.2, 0) is 11.3 Å². The summed E-state index contributed by atoms with van der Waals surface area (Å²) in [6, 6.07) is 10.5. The van der Waals surface area contributed by atoms with Crippen LogP contribution in [0.25, 0.3) is 10.9 Å². The molecule has 1 aromatic carbocycles. The van der Waals surface area contributed by atoms with Crippen LogP contribution in [0, 0.1) is 0 Å². The predicted octanol–water partition coefficient (Wildman–Crippen LogP) is 9.58. The number of carbonyl (C=O) groups is 1. The Morgan fingerprint density at radius 2 is 1.14 bits per heavy atom. The molecule has 3 heteroatoms. The first-order chi connectivity index (χ1) is 17.3. The number of nitrogens with zero attached hydrogens (tertiary/aromatic N) is 1. The lowest BCUT2D eigenvalue weighted by molar-refractivity contribution is -0.121. The number of aromatic nitrogens is 1. The molecule has 0 radical (unpaired) electrons. The van der Waals surface area contributed by atoms with E-state index in [2.05, 4.69) is 53.3 Å². The molecule has 1 amide bonds. The summed E-state index contributed by atoms with van der Waals surface area (Å²) in [5, 5.41) is 4.34. The minimum atomic E-state index is 0.202. The molecule has 1 heterocycles. The molecule has 0 atom stereocenters. The van der Waals surface area contributed by atoms with Crippen molar-refractivity contribution in [2.45, 2.75) is 142 Å². The number of amides is 1. The Hall–Kier alpha value is -1.77. The van der Waals surface area contributed by atoms with E-state index >= 15 is 0 Å². The van der Waals surface area contributed by atoms with E-state index in [-0.39, 0.29) is 5.91 Å². The van der Waals surface area contributed by atoms with Gasteiger partial charge >= 0.3 is 0 Å². The second-order valence-electron chi connectivity index (χ2n) is 10.5. The minimum absolute atomic E-state index is 0.202. The molecule has 3 nitrogen and oxygen atoms in total. The quantitative estimate of drug-likeness (QED) is 0.157. The summed E-state index contributed by atoms with van der Waals surface area (Å²) in [5.74, 6) is 0.202. The summed E-state index contributed by atoms with van der Waals surface area (Å²) >= 11 is 0. The van der Waals surface area contributed by atoms with Crippen LogP contribution in [0.3, 0.4) is 0 Å². The van der Waals surface area contributed by atoms with E-state index in [0.29, 0.717) is 13.0 Å². The van der Waals surface area contributed by atoms with Gasteiger partial charge in [0.1, 0.15) is 0 Å². The van der Waals surface area contributed by atoms with Crippen molar-refractivity contribution < 1.29 is 4.79 Å². The smallest absolute Gasteiger partial charge is 0.220 e. The Bertz CT molecular complexity index is 766. The van der Waals surface area contributed by atoms with Gasteiger partial charge in [0.05, 0.1) is 0 Å². The molecular weight excluding hydrogens is 428 g/mol. The summed E-state index contributed by atoms with van der Waals surface area (Å²) in [4.78, 5) is 12.1. The van der Waals surface area contributed by atoms with Gasteiger partial charge in [-0.25, -0.2) is 0 Å². The third kappa shape index (κ3) is 14.4. The van der Waals surface area contributed by atoms with Crippen molar-refractivity contribution in [2.75, 3.05) is 6.54 Å². The van der Waals surface area contributed by atoms with Crippen LogP contribution in [0.15, 0.2) is 36.5 Å². The van der Waals surface area contributed by atoms with Crippen molar-refractivity contribution >= 4 is 16.8 Å². The standard InChI is InChI=1S/C32H54N2O/c1-2-3-4-5-6-7-8-9-10-11-12-13-14-15-16-17-18-19-20-25-32(35)33-27-29-34-28-26-30-23-21-22-24-31(30)34/h21-24,26,28H,2-20,25,27,29H2,1H3,(H,33,35). The number of para-hydroxylation sites is 1. The average molecular weight is 483 g/mol. The van der Waals surface area contributed by atoms with Gasteiger partial charge in [-0.05, 0) is 23.9 Å². The van der Waals surface area contributed by atoms with Crippen LogP contribution >= 0.6 is 0 Å². The fourth-order valence-electron chi connectivity index (χ4n) is 5.10. The summed E-state index contributed by atoms with van der Waals surface area (Å²) in [6.07, 6.45) is 29.0. The first-order valence-electron chi connectivity index (χ1n) is 15.1. The van der Waals surface area contributed by atoms with Gasteiger partial charge in [0.2, 0.25) is 5.91 Å². The Balaban J connectivity index is 1.28. The molecule has 0 saturated heterocycles. The molecule has 35 heavy (non-hydrogen) atoms. The predicted molar refractivity (Wildman–Crippen MR) is 153 cm³/mol. The Labute approximate surface area is 216 Å². The van der Waals surface area contributed by atoms with E-state index < -0.39 is 0 Å². The SMILES string of the molecule is CCCCCCCCCCCCCCCCCCCCCC(=O)NCCn1ccc2ccccc21. The van der Waals surface area contributed by atoms with Crippen LogP contribution in [0.5, 0.6) is 0 Å². The van der Waals surface area contributed by atoms with E-state index in [1.807, 2.05) is 0 Å². The first-order valence-corrected chi connectivity index (χ1v) is 15.1. The zero-order chi connectivity index (χ0) is 24.8. The second-order valence-corrected chi connectivity index (χ2v) is 10.5. The molecular formula is C32H54N2O. The minimum Gasteiger partial charge on any atom is -0.354 e. The van der Waals surface area contributed by atoms with Crippen molar-refractivity contribution in [3.05, 3.63) is 36.5 Å². The maximum Gasteiger partial charge on any atom is 0.220 e. The van der Waals surface area contributed by atoms with Crippen molar-refractivity contribution in [2.24, 2.45) is 0 Å². The fourth-order valence-corrected chi connectivity index (χ4v) is 5.10. The maximum absolute atomic E-state index is 12.1. The van der Waals surface area contributed by atoms with E-state index in [9.17, 15) is 4.79 Å². The van der Waals surface area contributed by atoms with Gasteiger partial charge in [-0.1, -0.05) is 141 Å². The second kappa shape index (κ2) is 20.4. The zero-order valence-corrected chi connectivity index (χ0v) is 22.9. The molecule has 2 rings (SSSR count). The van der Waals surface area contributed by atoms with Gasteiger partial charge in [0, 0.05) is 31.2 Å². The third-order valence-electron chi connectivity index (χ3n) is 7.36. The molecule has 2 aromatic rings. The lowest BCUT2D eigenvalue weighted by atomic mass is 10.0. The lowest BCUT2D eigenvalue weighted by Gasteiger charge is -2.08. The maximum atomic E-state index is 12.1. The Kier molecular flexibility index (Phi) is 17.2. The number of rotatable bonds is 23. The first kappa shape index (κ1) is 29.5. The largest absolute Gasteiger partial charge is 0.354 e. The highest BCUT2D eigenvalue weighted by atomic mass is 16.1. The van der Waals surface area contributed by atoms with Crippen LogP contribution in [-0.4, -0.2) is 17.0 Å². The number of unbranched alkanes of at least 4 members (excludes halogenated alkanes) is 18. The highest BCUT2D eigenvalue weighted by Crippen LogP contribution is 2.16. The van der Waals surface area contributed by atoms with Crippen molar-refractivity contribution in [3.63, 3.8) is 0 Å². The number of hydrogen-bond donors (Lipinski definition) is 1. The molecule has 0 aliphatic carbocycles. The Morgan fingerprint density at radius 3 is 1.69 bits per heavy atom. The number of benzene rings is 1. The van der Waals surface area contributed by atoms with E-state index in [1.54, 1.807) is 0 Å². The van der Waals surface area contributed by atoms with Gasteiger partial charge < -0.3 is 9.88 Å². The molecule has 0 bridgehead atoms. The molecule has 1 N–H and O–H groups in total. The molecule has 198 valence electrons. The number of hydrogen-bond acceptors (Lipinski definition) is 1. The van der Waals surface area contributed by atoms with Crippen LogP contribution < -0.4 is 5.32 Å². The van der Waals surface area contributed by atoms with Crippen LogP contribution in [0.4, 0.5) is 0 Å². The third-order valence-corrected chi connectivity index (χ3v) is 7.36. The van der Waals surface area contributed by atoms with Gasteiger partial charge in [0.25, 0.3) is 0 Å². The number of fused-ring (bicyclic) bond motifs is 1. The number of carbonyl (C=O) groups excluding carboxylic acids is 1. The van der Waals surface area contributed by atoms with E-state index in [0.717, 1.165) is 13.0 Å². The van der Waals surface area contributed by atoms with Crippen molar-refractivity contribution in [1.29, 1.82) is 0 Å². The normalized spacial score (nSPS) is 11.3. The molecule has 0 saturated carbocycles. The summed E-state index contributed by atoms with van der Waals surface area (Å²) in [5.41, 5.74) is 1.24. The summed E-state index contributed by atoms with van der Waals surface area (Å²) in [6.45, 7) is 3.83. The number of nitrogens with one attached hydrogen (secondary N) is 1. The Morgan fingerprint density at radius 1 is 0.657 bits per heavy atom.